The van der Waals surface area contributed by atoms with Gasteiger partial charge in [-0.3, -0.25) is 0 Å². The van der Waals surface area contributed by atoms with E-state index in [0.29, 0.717) is 0 Å². The highest BCUT2D eigenvalue weighted by Crippen LogP contribution is 2.43. The number of hydrogen-bond acceptors (Lipinski definition) is 3. The molecular weight excluding hydrogens is 262 g/mol. The van der Waals surface area contributed by atoms with Gasteiger partial charge in [-0.05, 0) is 69.6 Å². The maximum atomic E-state index is 11.2. The van der Waals surface area contributed by atoms with Gasteiger partial charge in [-0.1, -0.05) is 19.3 Å². The van der Waals surface area contributed by atoms with E-state index in [9.17, 15) is 5.11 Å². The van der Waals surface area contributed by atoms with Gasteiger partial charge in [0.05, 0.1) is 18.8 Å². The highest BCUT2D eigenvalue weighted by molar-refractivity contribution is 5.43. The average molecular weight is 291 g/mol. The highest BCUT2D eigenvalue weighted by Gasteiger charge is 2.42. The summed E-state index contributed by atoms with van der Waals surface area (Å²) in [6, 6.07) is 4.14. The van der Waals surface area contributed by atoms with Crippen LogP contribution in [0.3, 0.4) is 0 Å². The van der Waals surface area contributed by atoms with E-state index in [1.54, 1.807) is 7.11 Å². The quantitative estimate of drug-likeness (QED) is 0.920. The first-order valence-electron chi connectivity index (χ1n) is 7.93. The molecule has 0 bridgehead atoms. The van der Waals surface area contributed by atoms with Crippen LogP contribution >= 0.6 is 0 Å². The van der Waals surface area contributed by atoms with E-state index >= 15 is 0 Å². The molecule has 0 aliphatic heterocycles. The van der Waals surface area contributed by atoms with E-state index in [0.717, 1.165) is 35.3 Å². The Bertz CT molecular complexity index is 490. The van der Waals surface area contributed by atoms with Gasteiger partial charge in [-0.2, -0.15) is 0 Å². The predicted molar refractivity (Wildman–Crippen MR) is 86.9 cm³/mol. The number of benzene rings is 1. The summed E-state index contributed by atoms with van der Waals surface area (Å²) in [5, 5.41) is 11.2. The number of methoxy groups -OCH3 is 1. The fourth-order valence-electron chi connectivity index (χ4n) is 3.75. The zero-order valence-corrected chi connectivity index (χ0v) is 14.1. The third kappa shape index (κ3) is 2.95. The smallest absolute Gasteiger partial charge is 0.122 e. The van der Waals surface area contributed by atoms with Gasteiger partial charge in [0.15, 0.2) is 0 Å². The van der Waals surface area contributed by atoms with Crippen LogP contribution in [-0.4, -0.2) is 36.8 Å². The van der Waals surface area contributed by atoms with Crippen LogP contribution in [0, 0.1) is 13.8 Å². The summed E-state index contributed by atoms with van der Waals surface area (Å²) in [4.78, 5) is 2.23. The minimum Gasteiger partial charge on any atom is -0.496 e. The lowest BCUT2D eigenvalue weighted by Crippen LogP contribution is -2.50. The Morgan fingerprint density at radius 1 is 1.10 bits per heavy atom. The first-order chi connectivity index (χ1) is 9.92. The molecule has 118 valence electrons. The fourth-order valence-corrected chi connectivity index (χ4v) is 3.75. The molecule has 1 N–H and O–H groups in total. The van der Waals surface area contributed by atoms with E-state index in [-0.39, 0.29) is 5.54 Å². The van der Waals surface area contributed by atoms with Crippen LogP contribution in [-0.2, 0) is 0 Å². The van der Waals surface area contributed by atoms with Crippen LogP contribution in [0.1, 0.15) is 54.9 Å². The van der Waals surface area contributed by atoms with Gasteiger partial charge in [0.25, 0.3) is 0 Å². The molecule has 1 aromatic rings. The number of aryl methyl sites for hydroxylation is 2. The molecule has 0 amide bonds. The van der Waals surface area contributed by atoms with E-state index in [1.165, 1.54) is 19.3 Å². The lowest BCUT2D eigenvalue weighted by Gasteiger charge is -2.47. The van der Waals surface area contributed by atoms with Crippen molar-refractivity contribution in [2.45, 2.75) is 57.6 Å². The topological polar surface area (TPSA) is 32.7 Å². The van der Waals surface area contributed by atoms with E-state index < -0.39 is 6.10 Å². The van der Waals surface area contributed by atoms with E-state index in [4.69, 9.17) is 4.74 Å². The summed E-state index contributed by atoms with van der Waals surface area (Å²) in [7, 11) is 5.89. The Hall–Kier alpha value is -1.06. The molecule has 1 saturated carbocycles. The van der Waals surface area contributed by atoms with Crippen molar-refractivity contribution in [2.24, 2.45) is 0 Å². The number of likely N-dealkylation sites (N-methyl/N-ethyl adjacent to an activating group) is 1. The van der Waals surface area contributed by atoms with Gasteiger partial charge in [-0.15, -0.1) is 0 Å². The summed E-state index contributed by atoms with van der Waals surface area (Å²) in [6.07, 6.45) is 5.35. The molecule has 0 radical (unpaired) electrons. The lowest BCUT2D eigenvalue weighted by molar-refractivity contribution is -0.0339. The van der Waals surface area contributed by atoms with Crippen LogP contribution < -0.4 is 4.74 Å². The first-order valence-corrected chi connectivity index (χ1v) is 7.93. The third-order valence-corrected chi connectivity index (χ3v) is 5.20. The third-order valence-electron chi connectivity index (χ3n) is 5.20. The molecular formula is C18H29NO2. The van der Waals surface area contributed by atoms with Crippen molar-refractivity contribution >= 4 is 0 Å². The molecule has 1 unspecified atom stereocenters. The van der Waals surface area contributed by atoms with Crippen LogP contribution in [0.5, 0.6) is 5.75 Å². The number of hydrogen-bond donors (Lipinski definition) is 1. The molecule has 1 fully saturated rings. The summed E-state index contributed by atoms with van der Waals surface area (Å²) in [5.41, 5.74) is 3.10. The molecule has 1 aromatic carbocycles. The van der Waals surface area contributed by atoms with Crippen LogP contribution in [0.25, 0.3) is 0 Å². The van der Waals surface area contributed by atoms with Gasteiger partial charge in [-0.25, -0.2) is 0 Å². The van der Waals surface area contributed by atoms with E-state index in [2.05, 4.69) is 32.0 Å². The number of aliphatic hydroxyl groups excluding tert-OH is 1. The first kappa shape index (κ1) is 16.3. The molecule has 3 nitrogen and oxygen atoms in total. The summed E-state index contributed by atoms with van der Waals surface area (Å²) >= 11 is 0. The van der Waals surface area contributed by atoms with Gasteiger partial charge in [0.1, 0.15) is 5.75 Å². The Kier molecular flexibility index (Phi) is 4.95. The molecule has 3 heteroatoms. The molecule has 1 atom stereocenters. The molecule has 0 saturated heterocycles. The van der Waals surface area contributed by atoms with Crippen molar-refractivity contribution in [3.63, 3.8) is 0 Å². The van der Waals surface area contributed by atoms with Crippen molar-refractivity contribution < 1.29 is 9.84 Å². The van der Waals surface area contributed by atoms with Gasteiger partial charge in [0, 0.05) is 0 Å². The molecule has 0 spiro atoms. The van der Waals surface area contributed by atoms with Gasteiger partial charge >= 0.3 is 0 Å². The predicted octanol–water partition coefficient (Wildman–Crippen LogP) is 3.61. The zero-order chi connectivity index (χ0) is 15.6. The SMILES string of the molecule is COc1cc(C)c(C(O)C2(N(C)C)CCCCC2)cc1C. The summed E-state index contributed by atoms with van der Waals surface area (Å²) < 4.78 is 5.39. The van der Waals surface area contributed by atoms with Gasteiger partial charge < -0.3 is 14.7 Å². The van der Waals surface area contributed by atoms with Gasteiger partial charge in [0.2, 0.25) is 0 Å². The number of nitrogens with zero attached hydrogens (tertiary/aromatic N) is 1. The molecule has 1 aliphatic rings. The van der Waals surface area contributed by atoms with Crippen molar-refractivity contribution in [3.8, 4) is 5.75 Å². The normalized spacial score (nSPS) is 19.6. The second kappa shape index (κ2) is 6.37. The molecule has 0 heterocycles. The molecule has 2 rings (SSSR count). The van der Waals surface area contributed by atoms with Crippen molar-refractivity contribution in [1.29, 1.82) is 0 Å². The standard InChI is InChI=1S/C18H29NO2/c1-13-12-16(21-5)14(2)11-15(13)17(20)18(19(3)4)9-7-6-8-10-18/h11-12,17,20H,6-10H2,1-5H3. The Morgan fingerprint density at radius 2 is 1.71 bits per heavy atom. The average Bonchev–Trinajstić information content (AvgIpc) is 2.49. The maximum absolute atomic E-state index is 11.2. The largest absolute Gasteiger partial charge is 0.496 e. The van der Waals surface area contributed by atoms with Crippen LogP contribution in [0.4, 0.5) is 0 Å². The highest BCUT2D eigenvalue weighted by atomic mass is 16.5. The fraction of sp³-hybridized carbons (Fsp3) is 0.667. The maximum Gasteiger partial charge on any atom is 0.122 e. The number of ether oxygens (including phenoxy) is 1. The van der Waals surface area contributed by atoms with E-state index in [1.807, 2.05) is 13.0 Å². The number of rotatable bonds is 4. The Morgan fingerprint density at radius 3 is 2.24 bits per heavy atom. The summed E-state index contributed by atoms with van der Waals surface area (Å²) in [6.45, 7) is 4.10. The van der Waals surface area contributed by atoms with Crippen molar-refractivity contribution in [1.82, 2.24) is 4.90 Å². The number of aliphatic hydroxyl groups is 1. The van der Waals surface area contributed by atoms with Crippen molar-refractivity contribution in [3.05, 3.63) is 28.8 Å². The zero-order valence-electron chi connectivity index (χ0n) is 14.1. The minimum absolute atomic E-state index is 0.135. The second-order valence-corrected chi connectivity index (χ2v) is 6.64. The monoisotopic (exact) mass is 291 g/mol. The van der Waals surface area contributed by atoms with Crippen LogP contribution in [0.2, 0.25) is 0 Å². The van der Waals surface area contributed by atoms with Crippen molar-refractivity contribution in [2.75, 3.05) is 21.2 Å². The Labute approximate surface area is 128 Å². The molecule has 21 heavy (non-hydrogen) atoms. The van der Waals surface area contributed by atoms with Crippen LogP contribution in [0.15, 0.2) is 12.1 Å². The lowest BCUT2D eigenvalue weighted by atomic mass is 9.73. The molecule has 1 aliphatic carbocycles. The Balaban J connectivity index is 2.41. The summed E-state index contributed by atoms with van der Waals surface area (Å²) in [5.74, 6) is 0.894. The second-order valence-electron chi connectivity index (χ2n) is 6.64. The minimum atomic E-state index is -0.447. The molecule has 0 aromatic heterocycles.